The number of aromatic nitrogens is 3. The second kappa shape index (κ2) is 6.60. The summed E-state index contributed by atoms with van der Waals surface area (Å²) in [5.74, 6) is 1.06. The van der Waals surface area contributed by atoms with Crippen LogP contribution in [-0.2, 0) is 12.8 Å². The van der Waals surface area contributed by atoms with Crippen LogP contribution in [0, 0.1) is 11.3 Å². The fraction of sp³-hybridized carbons (Fsp3) is 0.294. The monoisotopic (exact) mass is 370 g/mol. The van der Waals surface area contributed by atoms with Gasteiger partial charge in [-0.15, -0.1) is 11.3 Å². The molecule has 4 rings (SSSR count). The van der Waals surface area contributed by atoms with Crippen LogP contribution in [-0.4, -0.2) is 37.7 Å². The van der Waals surface area contributed by atoms with E-state index in [2.05, 4.69) is 20.3 Å². The van der Waals surface area contributed by atoms with Crippen LogP contribution in [0.25, 0.3) is 10.2 Å². The molecule has 0 radical (unpaired) electrons. The minimum atomic E-state index is -1.30. The lowest BCUT2D eigenvalue weighted by Gasteiger charge is -2.23. The SMILES string of the molecule is N=Cc1cc(Nc2ncnc3sc4c(c23)CCC(C(O)O)C4)ncc1N. The van der Waals surface area contributed by atoms with Crippen molar-refractivity contribution in [2.75, 3.05) is 11.1 Å². The molecule has 0 saturated heterocycles. The summed E-state index contributed by atoms with van der Waals surface area (Å²) in [4.78, 5) is 15.0. The van der Waals surface area contributed by atoms with E-state index in [1.165, 1.54) is 18.7 Å². The van der Waals surface area contributed by atoms with Gasteiger partial charge in [0.05, 0.1) is 17.3 Å². The Bertz CT molecular complexity index is 987. The van der Waals surface area contributed by atoms with E-state index in [1.807, 2.05) is 0 Å². The normalized spacial score (nSPS) is 16.7. The van der Waals surface area contributed by atoms with E-state index in [-0.39, 0.29) is 5.92 Å². The molecule has 8 nitrogen and oxygen atoms in total. The second-order valence-corrected chi connectivity index (χ2v) is 7.37. The quantitative estimate of drug-likeness (QED) is 0.348. The molecule has 6 N–H and O–H groups in total. The molecule has 0 bridgehead atoms. The molecule has 0 saturated carbocycles. The third kappa shape index (κ3) is 2.90. The molecule has 0 fully saturated rings. The smallest absolute Gasteiger partial charge is 0.154 e. The maximum atomic E-state index is 9.48. The van der Waals surface area contributed by atoms with Crippen molar-refractivity contribution in [1.29, 1.82) is 5.41 Å². The molecule has 1 atom stereocenters. The minimum absolute atomic E-state index is 0.145. The highest BCUT2D eigenvalue weighted by Crippen LogP contribution is 2.40. The van der Waals surface area contributed by atoms with E-state index in [1.54, 1.807) is 17.4 Å². The number of pyridine rings is 1. The van der Waals surface area contributed by atoms with Gasteiger partial charge in [0.1, 0.15) is 22.8 Å². The number of aliphatic hydroxyl groups is 2. The summed E-state index contributed by atoms with van der Waals surface area (Å²) in [5.41, 5.74) is 7.98. The van der Waals surface area contributed by atoms with E-state index >= 15 is 0 Å². The fourth-order valence-corrected chi connectivity index (χ4v) is 4.56. The van der Waals surface area contributed by atoms with E-state index in [4.69, 9.17) is 11.1 Å². The Morgan fingerprint density at radius 3 is 2.96 bits per heavy atom. The number of nitrogens with one attached hydrogen (secondary N) is 2. The summed E-state index contributed by atoms with van der Waals surface area (Å²) in [5, 5.41) is 30.5. The van der Waals surface area contributed by atoms with Gasteiger partial charge in [0, 0.05) is 22.6 Å². The van der Waals surface area contributed by atoms with Crippen molar-refractivity contribution in [2.24, 2.45) is 5.92 Å². The third-order valence-electron chi connectivity index (χ3n) is 4.68. The predicted octanol–water partition coefficient (Wildman–Crippen LogP) is 1.83. The van der Waals surface area contributed by atoms with Gasteiger partial charge >= 0.3 is 0 Å². The van der Waals surface area contributed by atoms with E-state index in [0.717, 1.165) is 27.1 Å². The summed E-state index contributed by atoms with van der Waals surface area (Å²) in [6.07, 6.45) is 4.99. The van der Waals surface area contributed by atoms with Crippen molar-refractivity contribution in [2.45, 2.75) is 25.6 Å². The molecule has 134 valence electrons. The molecule has 0 aliphatic heterocycles. The number of nitrogens with two attached hydrogens (primary N) is 1. The van der Waals surface area contributed by atoms with Gasteiger partial charge in [0.25, 0.3) is 0 Å². The Morgan fingerprint density at radius 2 is 2.19 bits per heavy atom. The predicted molar refractivity (Wildman–Crippen MR) is 101 cm³/mol. The van der Waals surface area contributed by atoms with Gasteiger partial charge in [-0.05, 0) is 30.9 Å². The number of anilines is 3. The van der Waals surface area contributed by atoms with E-state index in [9.17, 15) is 10.2 Å². The van der Waals surface area contributed by atoms with Crippen LogP contribution < -0.4 is 11.1 Å². The molecule has 0 aromatic carbocycles. The number of thiophene rings is 1. The highest BCUT2D eigenvalue weighted by molar-refractivity contribution is 7.19. The number of aliphatic hydroxyl groups excluding tert-OH is 1. The van der Waals surface area contributed by atoms with Crippen LogP contribution in [0.1, 0.15) is 22.4 Å². The molecule has 3 aromatic heterocycles. The van der Waals surface area contributed by atoms with Crippen molar-refractivity contribution < 1.29 is 10.2 Å². The van der Waals surface area contributed by atoms with Crippen molar-refractivity contribution in [3.05, 3.63) is 34.6 Å². The Morgan fingerprint density at radius 1 is 1.35 bits per heavy atom. The molecule has 1 aliphatic rings. The van der Waals surface area contributed by atoms with Gasteiger partial charge in [-0.25, -0.2) is 15.0 Å². The van der Waals surface area contributed by atoms with Gasteiger partial charge in [-0.1, -0.05) is 0 Å². The van der Waals surface area contributed by atoms with Crippen molar-refractivity contribution >= 4 is 45.1 Å². The summed E-state index contributed by atoms with van der Waals surface area (Å²) >= 11 is 1.57. The Kier molecular flexibility index (Phi) is 4.27. The standard InChI is InChI=1S/C17H18N6O2S/c18-5-9-4-13(20-6-11(9)19)23-15-14-10-2-1-8(17(24)25)3-12(10)26-16(14)22-7-21-15/h4-8,17-18,24-25H,1-3,19H2,(H,20,21,22,23). The first-order valence-electron chi connectivity index (χ1n) is 8.21. The molecule has 0 spiro atoms. The lowest BCUT2D eigenvalue weighted by Crippen LogP contribution is -2.25. The van der Waals surface area contributed by atoms with Crippen LogP contribution in [0.3, 0.4) is 0 Å². The number of nitrogens with zero attached hydrogens (tertiary/aromatic N) is 3. The van der Waals surface area contributed by atoms with Crippen LogP contribution in [0.15, 0.2) is 18.6 Å². The maximum absolute atomic E-state index is 9.48. The molecule has 26 heavy (non-hydrogen) atoms. The maximum Gasteiger partial charge on any atom is 0.154 e. The van der Waals surface area contributed by atoms with Crippen LogP contribution in [0.2, 0.25) is 0 Å². The topological polar surface area (TPSA) is 141 Å². The van der Waals surface area contributed by atoms with E-state index < -0.39 is 6.29 Å². The van der Waals surface area contributed by atoms with Crippen LogP contribution in [0.5, 0.6) is 0 Å². The van der Waals surface area contributed by atoms with Crippen LogP contribution >= 0.6 is 11.3 Å². The average Bonchev–Trinajstić information content (AvgIpc) is 3.01. The number of aryl methyl sites for hydroxylation is 1. The average molecular weight is 370 g/mol. The largest absolute Gasteiger partial charge is 0.397 e. The number of hydrogen-bond donors (Lipinski definition) is 5. The zero-order valence-corrected chi connectivity index (χ0v) is 14.6. The molecule has 1 aliphatic carbocycles. The molecule has 1 unspecified atom stereocenters. The summed E-state index contributed by atoms with van der Waals surface area (Å²) in [6, 6.07) is 1.70. The Hall–Kier alpha value is -2.62. The van der Waals surface area contributed by atoms with Gasteiger partial charge in [-0.3, -0.25) is 0 Å². The molecule has 9 heteroatoms. The minimum Gasteiger partial charge on any atom is -0.397 e. The highest BCUT2D eigenvalue weighted by atomic mass is 32.1. The second-order valence-electron chi connectivity index (χ2n) is 6.29. The molecular weight excluding hydrogens is 352 g/mol. The zero-order chi connectivity index (χ0) is 18.3. The lowest BCUT2D eigenvalue weighted by atomic mass is 9.87. The number of rotatable bonds is 4. The fourth-order valence-electron chi connectivity index (χ4n) is 3.28. The Balaban J connectivity index is 1.74. The number of hydrogen-bond acceptors (Lipinski definition) is 9. The number of nitrogen functional groups attached to an aromatic ring is 1. The van der Waals surface area contributed by atoms with Crippen LogP contribution in [0.4, 0.5) is 17.3 Å². The summed E-state index contributed by atoms with van der Waals surface area (Å²) in [7, 11) is 0. The first kappa shape index (κ1) is 16.8. The molecule has 3 heterocycles. The zero-order valence-electron chi connectivity index (χ0n) is 13.8. The van der Waals surface area contributed by atoms with Crippen molar-refractivity contribution in [3.63, 3.8) is 0 Å². The highest BCUT2D eigenvalue weighted by Gasteiger charge is 2.28. The number of fused-ring (bicyclic) bond motifs is 3. The van der Waals surface area contributed by atoms with E-state index in [0.29, 0.717) is 35.7 Å². The van der Waals surface area contributed by atoms with Gasteiger partial charge in [0.2, 0.25) is 0 Å². The molecule has 3 aromatic rings. The van der Waals surface area contributed by atoms with Gasteiger partial charge in [0.15, 0.2) is 6.29 Å². The summed E-state index contributed by atoms with van der Waals surface area (Å²) in [6.45, 7) is 0. The lowest BCUT2D eigenvalue weighted by molar-refractivity contribution is -0.0865. The van der Waals surface area contributed by atoms with Gasteiger partial charge in [-0.2, -0.15) is 0 Å². The summed E-state index contributed by atoms with van der Waals surface area (Å²) < 4.78 is 0. The first-order chi connectivity index (χ1) is 12.6. The molecule has 0 amide bonds. The van der Waals surface area contributed by atoms with Crippen molar-refractivity contribution in [3.8, 4) is 0 Å². The van der Waals surface area contributed by atoms with Crippen molar-refractivity contribution in [1.82, 2.24) is 15.0 Å². The Labute approximate surface area is 153 Å². The third-order valence-corrected chi connectivity index (χ3v) is 5.84. The molecular formula is C17H18N6O2S. The first-order valence-corrected chi connectivity index (χ1v) is 9.03. The van der Waals surface area contributed by atoms with Gasteiger partial charge < -0.3 is 26.7 Å².